The average Bonchev–Trinajstić information content (AvgIpc) is 3.29. The number of benzene rings is 2. The van der Waals surface area contributed by atoms with E-state index < -0.39 is 34.2 Å². The first-order valence-corrected chi connectivity index (χ1v) is 15.9. The van der Waals surface area contributed by atoms with Gasteiger partial charge in [0.1, 0.15) is 11.6 Å². The summed E-state index contributed by atoms with van der Waals surface area (Å²) in [5, 5.41) is 0.120. The largest absolute Gasteiger partial charge is 0.417 e. The van der Waals surface area contributed by atoms with E-state index in [1.807, 2.05) is 13.8 Å². The van der Waals surface area contributed by atoms with E-state index in [1.165, 1.54) is 30.9 Å². The molecule has 0 radical (unpaired) electrons. The van der Waals surface area contributed by atoms with E-state index in [4.69, 9.17) is 4.74 Å². The second kappa shape index (κ2) is 11.3. The number of amides is 1. The quantitative estimate of drug-likeness (QED) is 0.219. The van der Waals surface area contributed by atoms with Crippen LogP contribution in [0, 0.1) is 5.82 Å². The van der Waals surface area contributed by atoms with Crippen molar-refractivity contribution < 1.29 is 27.1 Å². The van der Waals surface area contributed by atoms with Gasteiger partial charge in [0.25, 0.3) is 0 Å². The number of methoxy groups -OCH3 is 1. The summed E-state index contributed by atoms with van der Waals surface area (Å²) < 4.78 is 68.0. The fourth-order valence-corrected chi connectivity index (χ4v) is 8.82. The molecule has 238 valence electrons. The number of rotatable bonds is 5. The Bertz CT molecular complexity index is 1990. The third-order valence-electron chi connectivity index (χ3n) is 8.39. The molecule has 4 heterocycles. The zero-order valence-corrected chi connectivity index (χ0v) is 26.4. The molecular formula is C30H29F4N5O4S2. The summed E-state index contributed by atoms with van der Waals surface area (Å²) >= 11 is 1.77. The third-order valence-corrected chi connectivity index (χ3v) is 10.7. The molecule has 15 heteroatoms. The monoisotopic (exact) mass is 663 g/mol. The fourth-order valence-electron chi connectivity index (χ4n) is 6.60. The minimum atomic E-state index is -4.87. The highest BCUT2D eigenvalue weighted by Crippen LogP contribution is 2.51. The molecule has 1 amide bonds. The molecule has 2 aromatic carbocycles. The Kier molecular flexibility index (Phi) is 7.85. The van der Waals surface area contributed by atoms with Crippen molar-refractivity contribution in [3.63, 3.8) is 0 Å². The van der Waals surface area contributed by atoms with Crippen molar-refractivity contribution in [2.75, 3.05) is 37.5 Å². The smallest absolute Gasteiger partial charge is 0.383 e. The Hall–Kier alpha value is -3.69. The van der Waals surface area contributed by atoms with Crippen LogP contribution in [-0.4, -0.2) is 69.6 Å². The summed E-state index contributed by atoms with van der Waals surface area (Å²) in [6.45, 7) is 7.76. The van der Waals surface area contributed by atoms with Crippen molar-refractivity contribution in [3.8, 4) is 11.1 Å². The topological polar surface area (TPSA) is 89.7 Å². The molecule has 0 spiro atoms. The summed E-state index contributed by atoms with van der Waals surface area (Å²) in [6.07, 6.45) is -3.65. The van der Waals surface area contributed by atoms with Gasteiger partial charge in [0.15, 0.2) is 0 Å². The molecule has 1 fully saturated rings. The second-order valence-electron chi connectivity index (χ2n) is 11.3. The lowest BCUT2D eigenvalue weighted by Crippen LogP contribution is -2.58. The molecule has 45 heavy (non-hydrogen) atoms. The number of carbonyl (C=O) groups is 1. The lowest BCUT2D eigenvalue weighted by Gasteiger charge is -2.45. The number of ether oxygens (including phenoxy) is 1. The van der Waals surface area contributed by atoms with Crippen molar-refractivity contribution in [1.29, 1.82) is 0 Å². The van der Waals surface area contributed by atoms with Gasteiger partial charge in [-0.3, -0.25) is 14.2 Å². The van der Waals surface area contributed by atoms with E-state index in [9.17, 15) is 18.8 Å². The number of carbonyl (C=O) groups excluding carboxylic acids is 1. The third kappa shape index (κ3) is 4.95. The Morgan fingerprint density at radius 2 is 1.87 bits per heavy atom. The molecule has 9 nitrogen and oxygen atoms in total. The van der Waals surface area contributed by atoms with Gasteiger partial charge in [-0.2, -0.15) is 18.2 Å². The molecule has 3 atom stereocenters. The Labute approximate surface area is 262 Å². The highest BCUT2D eigenvalue weighted by Gasteiger charge is 2.41. The number of aromatic nitrogens is 3. The molecule has 4 aromatic rings. The first-order valence-electron chi connectivity index (χ1n) is 14.1. The van der Waals surface area contributed by atoms with Crippen LogP contribution in [0.2, 0.25) is 0 Å². The number of nitrogens with zero attached hydrogens (tertiary/aromatic N) is 5. The Morgan fingerprint density at radius 3 is 2.49 bits per heavy atom. The highest BCUT2D eigenvalue weighted by atomic mass is 32.2. The van der Waals surface area contributed by atoms with E-state index in [0.717, 1.165) is 28.5 Å². The van der Waals surface area contributed by atoms with Gasteiger partial charge in [0.2, 0.25) is 5.91 Å². The average molecular weight is 664 g/mol. The zero-order chi connectivity index (χ0) is 32.5. The van der Waals surface area contributed by atoms with Crippen LogP contribution in [0.3, 0.4) is 0 Å². The van der Waals surface area contributed by atoms with Crippen LogP contribution in [0.4, 0.5) is 23.4 Å². The molecule has 1 saturated heterocycles. The van der Waals surface area contributed by atoms with E-state index in [0.29, 0.717) is 11.3 Å². The molecule has 0 unspecified atom stereocenters. The predicted octanol–water partition coefficient (Wildman–Crippen LogP) is 5.04. The standard InChI is InChI=1S/C30H29F4N5O4S2/c1-6-21(40)38-14(2)10-37(11-15(38)3)27-18-9-19(30(32,33)34)22(17-7-8-20(31)25-23(17)36(4)29(42)45-25)26-24(18)39(28(41)35-27)16(12-43-5)13-44-26/h6-9,14-16H,1,10-13H2,2-5H3/t14-,15+,16-/m0/s1. The molecule has 0 aliphatic carbocycles. The molecule has 2 aliphatic heterocycles. The maximum absolute atomic E-state index is 15.1. The first kappa shape index (κ1) is 31.3. The van der Waals surface area contributed by atoms with E-state index in [1.54, 1.807) is 9.80 Å². The minimum absolute atomic E-state index is 0.0327. The summed E-state index contributed by atoms with van der Waals surface area (Å²) in [7, 11) is 2.87. The van der Waals surface area contributed by atoms with Crippen LogP contribution in [0.5, 0.6) is 0 Å². The summed E-state index contributed by atoms with van der Waals surface area (Å²) in [5.41, 5.74) is -1.55. The van der Waals surface area contributed by atoms with Gasteiger partial charge in [-0.25, -0.2) is 9.18 Å². The number of aryl methyl sites for hydroxylation is 1. The number of alkyl halides is 3. The van der Waals surface area contributed by atoms with E-state index in [-0.39, 0.29) is 86.4 Å². The van der Waals surface area contributed by atoms with Crippen LogP contribution < -0.4 is 15.5 Å². The number of thiazole rings is 1. The van der Waals surface area contributed by atoms with E-state index >= 15 is 13.2 Å². The van der Waals surface area contributed by atoms with Gasteiger partial charge in [0, 0.05) is 66.5 Å². The SMILES string of the molecule is C=CC(=O)N1[C@H](C)CN(c2nc(=O)n3c4c(c(-c5ccc(F)c6sc(=O)n(C)c56)c(C(F)(F)F)cc24)SC[C@@H]3COC)C[C@@H]1C. The number of piperazine rings is 1. The summed E-state index contributed by atoms with van der Waals surface area (Å²) in [6, 6.07) is 2.09. The molecular weight excluding hydrogens is 634 g/mol. The minimum Gasteiger partial charge on any atom is -0.383 e. The molecule has 0 saturated carbocycles. The van der Waals surface area contributed by atoms with Crippen molar-refractivity contribution in [1.82, 2.24) is 19.0 Å². The Morgan fingerprint density at radius 1 is 1.18 bits per heavy atom. The first-order chi connectivity index (χ1) is 21.3. The fraction of sp³-hybridized carbons (Fsp3) is 0.400. The highest BCUT2D eigenvalue weighted by molar-refractivity contribution is 7.99. The number of thioether (sulfide) groups is 1. The second-order valence-corrected chi connectivity index (χ2v) is 13.3. The maximum atomic E-state index is 15.1. The van der Waals surface area contributed by atoms with Crippen LogP contribution in [0.1, 0.15) is 25.5 Å². The molecule has 2 aliphatic rings. The van der Waals surface area contributed by atoms with Crippen LogP contribution in [-0.2, 0) is 22.8 Å². The van der Waals surface area contributed by atoms with Crippen LogP contribution in [0.15, 0.2) is 45.3 Å². The normalized spacial score (nSPS) is 20.3. The molecule has 2 aromatic heterocycles. The van der Waals surface area contributed by atoms with Gasteiger partial charge in [-0.1, -0.05) is 17.9 Å². The van der Waals surface area contributed by atoms with E-state index in [2.05, 4.69) is 11.6 Å². The van der Waals surface area contributed by atoms with Crippen LogP contribution in [0.25, 0.3) is 32.2 Å². The number of fused-ring (bicyclic) bond motifs is 1. The van der Waals surface area contributed by atoms with Crippen LogP contribution >= 0.6 is 23.1 Å². The van der Waals surface area contributed by atoms with Crippen molar-refractivity contribution >= 4 is 55.9 Å². The lowest BCUT2D eigenvalue weighted by molar-refractivity contribution is -0.137. The van der Waals surface area contributed by atoms with Crippen molar-refractivity contribution in [2.45, 2.75) is 43.0 Å². The number of anilines is 1. The van der Waals surface area contributed by atoms with Gasteiger partial charge in [0.05, 0.1) is 33.9 Å². The van der Waals surface area contributed by atoms with Gasteiger partial charge < -0.3 is 19.1 Å². The Balaban J connectivity index is 1.71. The van der Waals surface area contributed by atoms with Gasteiger partial charge in [-0.15, -0.1) is 11.8 Å². The molecule has 0 N–H and O–H groups in total. The molecule has 6 rings (SSSR count). The predicted molar refractivity (Wildman–Crippen MR) is 167 cm³/mol. The lowest BCUT2D eigenvalue weighted by atomic mass is 9.95. The number of hydrogen-bond donors (Lipinski definition) is 0. The summed E-state index contributed by atoms with van der Waals surface area (Å²) in [4.78, 5) is 46.3. The molecule has 0 bridgehead atoms. The number of halogens is 4. The zero-order valence-electron chi connectivity index (χ0n) is 24.8. The summed E-state index contributed by atoms with van der Waals surface area (Å²) in [5.74, 6) is -0.683. The maximum Gasteiger partial charge on any atom is 0.417 e. The number of hydrogen-bond acceptors (Lipinski definition) is 8. The van der Waals surface area contributed by atoms with Gasteiger partial charge >= 0.3 is 16.7 Å². The van der Waals surface area contributed by atoms with Gasteiger partial charge in [-0.05, 0) is 38.1 Å². The van der Waals surface area contributed by atoms with Crippen molar-refractivity contribution in [3.05, 3.63) is 62.4 Å². The van der Waals surface area contributed by atoms with Crippen molar-refractivity contribution in [2.24, 2.45) is 7.05 Å².